The summed E-state index contributed by atoms with van der Waals surface area (Å²) in [6.45, 7) is 7.38. The van der Waals surface area contributed by atoms with Crippen LogP contribution in [0.4, 0.5) is 27.7 Å². The average Bonchev–Trinajstić information content (AvgIpc) is 2.81. The van der Waals surface area contributed by atoms with E-state index in [-0.39, 0.29) is 24.1 Å². The average molecular weight is 544 g/mol. The van der Waals surface area contributed by atoms with Gasteiger partial charge in [-0.05, 0) is 31.4 Å². The largest absolute Gasteiger partial charge is 0.390 e. The van der Waals surface area contributed by atoms with Crippen LogP contribution in [0.3, 0.4) is 0 Å². The molecule has 0 saturated carbocycles. The van der Waals surface area contributed by atoms with Crippen LogP contribution in [0.2, 0.25) is 0 Å². The molecule has 10 nitrogen and oxygen atoms in total. The summed E-state index contributed by atoms with van der Waals surface area (Å²) in [6, 6.07) is 3.68. The smallest absolute Gasteiger partial charge is 0.227 e. The summed E-state index contributed by atoms with van der Waals surface area (Å²) < 4.78 is 38.0. The number of hydrogen-bond donors (Lipinski definition) is 2. The van der Waals surface area contributed by atoms with E-state index in [1.807, 2.05) is 18.5 Å². The molecule has 38 heavy (non-hydrogen) atoms. The lowest BCUT2D eigenvalue weighted by molar-refractivity contribution is -0.00860. The Morgan fingerprint density at radius 3 is 2.61 bits per heavy atom. The van der Waals surface area contributed by atoms with Gasteiger partial charge in [0.2, 0.25) is 5.95 Å². The van der Waals surface area contributed by atoms with Crippen LogP contribution < -0.4 is 15.1 Å². The van der Waals surface area contributed by atoms with E-state index in [1.54, 1.807) is 17.2 Å². The second-order valence-corrected chi connectivity index (χ2v) is 13.2. The van der Waals surface area contributed by atoms with E-state index < -0.39 is 21.6 Å². The zero-order chi connectivity index (χ0) is 27.2. The normalized spacial score (nSPS) is 22.7. The molecule has 0 unspecified atom stereocenters. The fraction of sp³-hybridized carbons (Fsp3) is 0.538. The van der Waals surface area contributed by atoms with E-state index in [1.165, 1.54) is 13.2 Å². The lowest BCUT2D eigenvalue weighted by atomic mass is 9.94. The van der Waals surface area contributed by atoms with Crippen molar-refractivity contribution >= 4 is 43.9 Å². The van der Waals surface area contributed by atoms with Crippen molar-refractivity contribution in [3.63, 3.8) is 0 Å². The fourth-order valence-corrected chi connectivity index (χ4v) is 6.30. The Bertz CT molecular complexity index is 1440. The number of pyridine rings is 2. The van der Waals surface area contributed by atoms with E-state index in [9.17, 15) is 17.9 Å². The Labute approximate surface area is 222 Å². The number of anilines is 4. The molecule has 12 heteroatoms. The first-order valence-electron chi connectivity index (χ1n) is 12.8. The number of nitrogens with one attached hydrogen (secondary N) is 1. The number of aliphatic hydroxyl groups excluding tert-OH is 1. The van der Waals surface area contributed by atoms with Crippen molar-refractivity contribution < 1.29 is 17.9 Å². The molecule has 0 aromatic carbocycles. The van der Waals surface area contributed by atoms with E-state index in [0.29, 0.717) is 43.6 Å². The minimum atomic E-state index is -3.01. The first-order chi connectivity index (χ1) is 17.9. The number of nitrogens with zero attached hydrogens (tertiary/aromatic N) is 6. The summed E-state index contributed by atoms with van der Waals surface area (Å²) in [5.41, 5.74) is 0.156. The maximum absolute atomic E-state index is 14.7. The van der Waals surface area contributed by atoms with Crippen LogP contribution in [0.5, 0.6) is 0 Å². The Morgan fingerprint density at radius 1 is 1.16 bits per heavy atom. The summed E-state index contributed by atoms with van der Waals surface area (Å²) in [6.07, 6.45) is 5.86. The summed E-state index contributed by atoms with van der Waals surface area (Å²) in [5, 5.41) is 15.1. The van der Waals surface area contributed by atoms with Gasteiger partial charge in [0.1, 0.15) is 21.5 Å². The van der Waals surface area contributed by atoms with Crippen LogP contribution in [0.25, 0.3) is 10.8 Å². The summed E-state index contributed by atoms with van der Waals surface area (Å²) in [7, 11) is -3.01. The van der Waals surface area contributed by atoms with Gasteiger partial charge in [0.05, 0.1) is 36.0 Å². The van der Waals surface area contributed by atoms with Crippen molar-refractivity contribution in [3.05, 3.63) is 36.4 Å². The van der Waals surface area contributed by atoms with Gasteiger partial charge in [-0.3, -0.25) is 4.98 Å². The number of rotatable bonds is 7. The number of piperidine rings is 1. The Kier molecular flexibility index (Phi) is 6.89. The van der Waals surface area contributed by atoms with Crippen LogP contribution in [-0.2, 0) is 9.84 Å². The first-order valence-corrected chi connectivity index (χ1v) is 14.9. The first kappa shape index (κ1) is 26.5. The molecule has 2 N–H and O–H groups in total. The molecule has 5 rings (SSSR count). The Morgan fingerprint density at radius 2 is 1.92 bits per heavy atom. The van der Waals surface area contributed by atoms with Crippen LogP contribution in [-0.4, -0.2) is 83.4 Å². The quantitative estimate of drug-likeness (QED) is 0.459. The maximum Gasteiger partial charge on any atom is 0.227 e. The zero-order valence-corrected chi connectivity index (χ0v) is 22.9. The molecular formula is C26H34FN7O3S. The van der Waals surface area contributed by atoms with Crippen LogP contribution in [0.15, 0.2) is 30.7 Å². The highest BCUT2D eigenvalue weighted by Gasteiger charge is 2.39. The molecule has 204 valence electrons. The molecule has 0 bridgehead atoms. The van der Waals surface area contributed by atoms with Gasteiger partial charge < -0.3 is 20.2 Å². The highest BCUT2D eigenvalue weighted by molar-refractivity contribution is 7.90. The van der Waals surface area contributed by atoms with Gasteiger partial charge in [-0.15, -0.1) is 0 Å². The van der Waals surface area contributed by atoms with Gasteiger partial charge >= 0.3 is 0 Å². The zero-order valence-electron chi connectivity index (χ0n) is 22.1. The van der Waals surface area contributed by atoms with Crippen LogP contribution >= 0.6 is 0 Å². The van der Waals surface area contributed by atoms with Crippen molar-refractivity contribution in [2.24, 2.45) is 5.92 Å². The molecule has 2 aliphatic rings. The molecule has 2 atom stereocenters. The number of aromatic nitrogens is 4. The van der Waals surface area contributed by atoms with E-state index in [4.69, 9.17) is 4.98 Å². The molecule has 2 saturated heterocycles. The number of fused-ring (bicyclic) bond motifs is 1. The highest BCUT2D eigenvalue weighted by atomic mass is 32.2. The molecule has 3 aromatic heterocycles. The van der Waals surface area contributed by atoms with Gasteiger partial charge in [-0.25, -0.2) is 22.8 Å². The maximum atomic E-state index is 14.7. The molecule has 0 spiro atoms. The van der Waals surface area contributed by atoms with Gasteiger partial charge in [0, 0.05) is 55.0 Å². The van der Waals surface area contributed by atoms with Crippen molar-refractivity contribution in [1.29, 1.82) is 0 Å². The van der Waals surface area contributed by atoms with Crippen molar-refractivity contribution in [1.82, 2.24) is 19.9 Å². The lowest BCUT2D eigenvalue weighted by Gasteiger charge is -2.41. The fourth-order valence-electron chi connectivity index (χ4n) is 5.23. The van der Waals surface area contributed by atoms with Crippen molar-refractivity contribution in [2.45, 2.75) is 44.9 Å². The Hall–Kier alpha value is -3.12. The number of sulfone groups is 1. The lowest BCUT2D eigenvalue weighted by Crippen LogP contribution is -2.52. The second-order valence-electron chi connectivity index (χ2n) is 11.0. The van der Waals surface area contributed by atoms with Gasteiger partial charge in [-0.1, -0.05) is 13.8 Å². The molecule has 3 aromatic rings. The molecule has 2 fully saturated rings. The molecule has 0 radical (unpaired) electrons. The van der Waals surface area contributed by atoms with Gasteiger partial charge in [0.25, 0.3) is 0 Å². The third kappa shape index (κ3) is 5.51. The Balaban J connectivity index is 1.39. The topological polar surface area (TPSA) is 124 Å². The number of halogens is 1. The number of hydrogen-bond acceptors (Lipinski definition) is 10. The molecular weight excluding hydrogens is 509 g/mol. The monoisotopic (exact) mass is 543 g/mol. The number of alkyl halides is 1. The van der Waals surface area contributed by atoms with Gasteiger partial charge in [0.15, 0.2) is 5.67 Å². The van der Waals surface area contributed by atoms with Crippen LogP contribution in [0.1, 0.15) is 38.8 Å². The minimum Gasteiger partial charge on any atom is -0.390 e. The van der Waals surface area contributed by atoms with E-state index >= 15 is 0 Å². The molecule has 2 aliphatic heterocycles. The highest BCUT2D eigenvalue weighted by Crippen LogP contribution is 2.36. The predicted octanol–water partition coefficient (Wildman–Crippen LogP) is 3.07. The summed E-state index contributed by atoms with van der Waals surface area (Å²) in [4.78, 5) is 22.1. The molecule has 0 amide bonds. The predicted molar refractivity (Wildman–Crippen MR) is 147 cm³/mol. The minimum absolute atomic E-state index is 0.0135. The van der Waals surface area contributed by atoms with E-state index in [0.717, 1.165) is 22.2 Å². The van der Waals surface area contributed by atoms with Crippen LogP contribution in [0, 0.1) is 5.92 Å². The number of aliphatic hydroxyl groups is 1. The third-order valence-corrected chi connectivity index (χ3v) is 8.29. The van der Waals surface area contributed by atoms with E-state index in [2.05, 4.69) is 39.0 Å². The summed E-state index contributed by atoms with van der Waals surface area (Å²) in [5.74, 6) is 1.99. The third-order valence-electron chi connectivity index (χ3n) is 7.21. The van der Waals surface area contributed by atoms with Crippen molar-refractivity contribution in [3.8, 4) is 0 Å². The van der Waals surface area contributed by atoms with Gasteiger partial charge in [-0.2, -0.15) is 4.98 Å². The summed E-state index contributed by atoms with van der Waals surface area (Å²) >= 11 is 0. The second kappa shape index (κ2) is 9.88. The van der Waals surface area contributed by atoms with Crippen molar-refractivity contribution in [2.75, 3.05) is 53.3 Å². The molecule has 5 heterocycles. The standard InChI is InChI=1S/C26H34FN7O3S/c1-16(2)24-18-9-23(29-10-19(18)20(11-30-24)34-12-17(13-34)14-38(4,36)37)31-22-5-7-28-25(32-22)33-8-6-21(35)26(3,27)15-33/h5,7,9-11,16-17,21,35H,6,8,12-15H2,1-4H3,(H,28,29,31,32)/t21-,26+/m1/s1. The molecule has 0 aliphatic carbocycles. The SMILES string of the molecule is CC(C)c1ncc(N2CC(CS(C)(=O)=O)C2)c2cnc(Nc3ccnc(N4CC[C@@H](O)[C@@](C)(F)C4)n3)cc12.